The predicted molar refractivity (Wildman–Crippen MR) is 62.9 cm³/mol. The number of nitrogens with zero attached hydrogens (tertiary/aromatic N) is 2. The molecular weight excluding hydrogens is 259 g/mol. The van der Waals surface area contributed by atoms with E-state index in [1.165, 1.54) is 12.3 Å². The van der Waals surface area contributed by atoms with Crippen molar-refractivity contribution in [3.8, 4) is 0 Å². The van der Waals surface area contributed by atoms with Gasteiger partial charge in [0.2, 0.25) is 0 Å². The van der Waals surface area contributed by atoms with Crippen molar-refractivity contribution < 1.29 is 4.39 Å². The van der Waals surface area contributed by atoms with Gasteiger partial charge >= 0.3 is 0 Å². The Kier molecular flexibility index (Phi) is 3.24. The van der Waals surface area contributed by atoms with Crippen LogP contribution in [0.4, 0.5) is 10.2 Å². The molecule has 1 aromatic heterocycles. The maximum Gasteiger partial charge on any atom is 0.141 e. The number of anilines is 1. The predicted octanol–water partition coefficient (Wildman–Crippen LogP) is 2.83. The van der Waals surface area contributed by atoms with Crippen LogP contribution in [-0.4, -0.2) is 22.9 Å². The number of pyridine rings is 1. The standard InChI is InChI=1S/C11H14BrFN2/c1-8-7-15(5-4-10(8)12)11-3-2-9(13)6-14-11/h2-3,6,8,10H,4-5,7H2,1H3. The summed E-state index contributed by atoms with van der Waals surface area (Å²) in [5.41, 5.74) is 0. The van der Waals surface area contributed by atoms with E-state index in [-0.39, 0.29) is 5.82 Å². The van der Waals surface area contributed by atoms with Gasteiger partial charge in [-0.3, -0.25) is 0 Å². The largest absolute Gasteiger partial charge is 0.356 e. The van der Waals surface area contributed by atoms with E-state index in [0.29, 0.717) is 10.7 Å². The molecule has 2 heterocycles. The zero-order valence-corrected chi connectivity index (χ0v) is 10.2. The lowest BCUT2D eigenvalue weighted by Gasteiger charge is -2.35. The zero-order chi connectivity index (χ0) is 10.8. The molecule has 1 aliphatic rings. The summed E-state index contributed by atoms with van der Waals surface area (Å²) in [4.78, 5) is 6.90. The van der Waals surface area contributed by atoms with Crippen molar-refractivity contribution in [1.82, 2.24) is 4.98 Å². The minimum atomic E-state index is -0.276. The number of alkyl halides is 1. The normalized spacial score (nSPS) is 26.7. The van der Waals surface area contributed by atoms with Gasteiger partial charge in [0.05, 0.1) is 6.20 Å². The maximum absolute atomic E-state index is 12.7. The first-order chi connectivity index (χ1) is 7.16. The van der Waals surface area contributed by atoms with Crippen LogP contribution in [0, 0.1) is 11.7 Å². The highest BCUT2D eigenvalue weighted by Crippen LogP contribution is 2.26. The maximum atomic E-state index is 12.7. The van der Waals surface area contributed by atoms with E-state index in [9.17, 15) is 4.39 Å². The molecule has 0 saturated carbocycles. The molecule has 0 bridgehead atoms. The molecule has 1 aliphatic heterocycles. The minimum absolute atomic E-state index is 0.276. The van der Waals surface area contributed by atoms with Crippen molar-refractivity contribution in [1.29, 1.82) is 0 Å². The molecule has 0 spiro atoms. The van der Waals surface area contributed by atoms with Gasteiger partial charge in [-0.05, 0) is 24.5 Å². The smallest absolute Gasteiger partial charge is 0.141 e. The second-order valence-electron chi connectivity index (χ2n) is 4.06. The lowest BCUT2D eigenvalue weighted by molar-refractivity contribution is 0.463. The highest BCUT2D eigenvalue weighted by molar-refractivity contribution is 9.09. The molecule has 15 heavy (non-hydrogen) atoms. The number of aromatic nitrogens is 1. The lowest BCUT2D eigenvalue weighted by Crippen LogP contribution is -2.40. The van der Waals surface area contributed by atoms with Crippen molar-refractivity contribution in [2.24, 2.45) is 5.92 Å². The van der Waals surface area contributed by atoms with E-state index in [1.54, 1.807) is 6.07 Å². The van der Waals surface area contributed by atoms with E-state index in [2.05, 4.69) is 32.7 Å². The molecule has 0 aliphatic carbocycles. The summed E-state index contributed by atoms with van der Waals surface area (Å²) in [6.07, 6.45) is 2.39. The molecule has 0 N–H and O–H groups in total. The molecule has 4 heteroatoms. The number of piperidine rings is 1. The lowest BCUT2D eigenvalue weighted by atomic mass is 10.0. The van der Waals surface area contributed by atoms with Gasteiger partial charge in [-0.1, -0.05) is 22.9 Å². The molecule has 1 fully saturated rings. The van der Waals surface area contributed by atoms with Crippen LogP contribution >= 0.6 is 15.9 Å². The SMILES string of the molecule is CC1CN(c2ccc(F)cn2)CCC1Br. The fourth-order valence-corrected chi connectivity index (χ4v) is 2.25. The summed E-state index contributed by atoms with van der Waals surface area (Å²) in [5, 5.41) is 0. The topological polar surface area (TPSA) is 16.1 Å². The van der Waals surface area contributed by atoms with Crippen LogP contribution < -0.4 is 4.90 Å². The molecule has 2 nitrogen and oxygen atoms in total. The third kappa shape index (κ3) is 2.48. The van der Waals surface area contributed by atoms with Crippen LogP contribution in [0.1, 0.15) is 13.3 Å². The molecule has 82 valence electrons. The molecule has 2 unspecified atom stereocenters. The summed E-state index contributed by atoms with van der Waals surface area (Å²) in [7, 11) is 0. The number of halogens is 2. The fraction of sp³-hybridized carbons (Fsp3) is 0.545. The van der Waals surface area contributed by atoms with Gasteiger partial charge in [0.25, 0.3) is 0 Å². The van der Waals surface area contributed by atoms with Crippen LogP contribution in [0.25, 0.3) is 0 Å². The summed E-state index contributed by atoms with van der Waals surface area (Å²) in [5.74, 6) is 1.20. The average molecular weight is 273 g/mol. The third-order valence-electron chi connectivity index (χ3n) is 2.84. The van der Waals surface area contributed by atoms with Gasteiger partial charge in [-0.15, -0.1) is 0 Å². The number of hydrogen-bond donors (Lipinski definition) is 0. The van der Waals surface area contributed by atoms with E-state index in [0.717, 1.165) is 25.3 Å². The van der Waals surface area contributed by atoms with Gasteiger partial charge in [-0.25, -0.2) is 9.37 Å². The highest BCUT2D eigenvalue weighted by atomic mass is 79.9. The zero-order valence-electron chi connectivity index (χ0n) is 8.66. The first-order valence-corrected chi connectivity index (χ1v) is 6.09. The van der Waals surface area contributed by atoms with E-state index in [1.807, 2.05) is 0 Å². The molecule has 0 radical (unpaired) electrons. The Morgan fingerprint density at radius 1 is 1.53 bits per heavy atom. The summed E-state index contributed by atoms with van der Waals surface area (Å²) in [6, 6.07) is 3.21. The summed E-state index contributed by atoms with van der Waals surface area (Å²) >= 11 is 3.66. The van der Waals surface area contributed by atoms with E-state index < -0.39 is 0 Å². The average Bonchev–Trinajstić information content (AvgIpc) is 2.23. The monoisotopic (exact) mass is 272 g/mol. The van der Waals surface area contributed by atoms with Crippen molar-refractivity contribution in [2.75, 3.05) is 18.0 Å². The Labute approximate surface area is 97.6 Å². The second kappa shape index (κ2) is 4.47. The molecule has 2 atom stereocenters. The molecule has 1 aromatic rings. The molecule has 1 saturated heterocycles. The van der Waals surface area contributed by atoms with Crippen LogP contribution in [0.5, 0.6) is 0 Å². The first kappa shape index (κ1) is 10.9. The molecule has 0 aromatic carbocycles. The van der Waals surface area contributed by atoms with E-state index >= 15 is 0 Å². The number of rotatable bonds is 1. The van der Waals surface area contributed by atoms with Crippen LogP contribution in [0.3, 0.4) is 0 Å². The molecular formula is C11H14BrFN2. The Balaban J connectivity index is 2.08. The third-order valence-corrected chi connectivity index (χ3v) is 4.20. The van der Waals surface area contributed by atoms with Gasteiger partial charge in [0, 0.05) is 17.9 Å². The van der Waals surface area contributed by atoms with Crippen molar-refractivity contribution in [3.05, 3.63) is 24.1 Å². The Morgan fingerprint density at radius 2 is 2.33 bits per heavy atom. The van der Waals surface area contributed by atoms with E-state index in [4.69, 9.17) is 0 Å². The van der Waals surface area contributed by atoms with Gasteiger partial charge in [0.15, 0.2) is 0 Å². The van der Waals surface area contributed by atoms with Crippen LogP contribution in [-0.2, 0) is 0 Å². The van der Waals surface area contributed by atoms with Crippen molar-refractivity contribution >= 4 is 21.7 Å². The van der Waals surface area contributed by atoms with Crippen molar-refractivity contribution in [2.45, 2.75) is 18.2 Å². The Bertz CT molecular complexity index is 328. The Hall–Kier alpha value is -0.640. The van der Waals surface area contributed by atoms with Crippen LogP contribution in [0.2, 0.25) is 0 Å². The van der Waals surface area contributed by atoms with Gasteiger partial charge < -0.3 is 4.90 Å². The van der Waals surface area contributed by atoms with Crippen molar-refractivity contribution in [3.63, 3.8) is 0 Å². The molecule has 0 amide bonds. The highest BCUT2D eigenvalue weighted by Gasteiger charge is 2.24. The van der Waals surface area contributed by atoms with Gasteiger partial charge in [0.1, 0.15) is 11.6 Å². The summed E-state index contributed by atoms with van der Waals surface area (Å²) in [6.45, 7) is 4.18. The quantitative estimate of drug-likeness (QED) is 0.731. The summed E-state index contributed by atoms with van der Waals surface area (Å²) < 4.78 is 12.7. The fourth-order valence-electron chi connectivity index (χ4n) is 1.88. The first-order valence-electron chi connectivity index (χ1n) is 5.17. The Morgan fingerprint density at radius 3 is 2.93 bits per heavy atom. The number of hydrogen-bond acceptors (Lipinski definition) is 2. The molecule has 2 rings (SSSR count). The van der Waals surface area contributed by atoms with Gasteiger partial charge in [-0.2, -0.15) is 0 Å². The second-order valence-corrected chi connectivity index (χ2v) is 5.24. The minimum Gasteiger partial charge on any atom is -0.356 e. The van der Waals surface area contributed by atoms with Crippen LogP contribution in [0.15, 0.2) is 18.3 Å².